The standard InChI is InChI=1S/C17H20ClNO5S/c1-22-17(21)13(5-8-25-2)19-15(20)4-3-11-9-12(18)16-14(10-11)23-6-7-24-16/h3-4,9-10,13H,5-8H2,1-2H3,(H,19,20)/b4-3+/t13-/m1/s1. The SMILES string of the molecule is COC(=O)[C@@H](CCSC)NC(=O)/C=C/c1cc(Cl)c2c(c1)OCCO2. The third-order valence-electron chi connectivity index (χ3n) is 3.46. The zero-order chi connectivity index (χ0) is 18.2. The molecule has 0 aromatic heterocycles. The predicted molar refractivity (Wildman–Crippen MR) is 98.4 cm³/mol. The summed E-state index contributed by atoms with van der Waals surface area (Å²) in [6.07, 6.45) is 5.38. The van der Waals surface area contributed by atoms with E-state index in [-0.39, 0.29) is 5.91 Å². The first-order chi connectivity index (χ1) is 12.0. The molecule has 8 heteroatoms. The van der Waals surface area contributed by atoms with Gasteiger partial charge in [-0.05, 0) is 42.2 Å². The third kappa shape index (κ3) is 5.57. The van der Waals surface area contributed by atoms with Gasteiger partial charge in [0.1, 0.15) is 19.3 Å². The Morgan fingerprint density at radius 3 is 2.88 bits per heavy atom. The van der Waals surface area contributed by atoms with Crippen LogP contribution in [0.2, 0.25) is 5.02 Å². The van der Waals surface area contributed by atoms with Crippen LogP contribution in [0, 0.1) is 0 Å². The molecular formula is C17H20ClNO5S. The summed E-state index contributed by atoms with van der Waals surface area (Å²) in [4.78, 5) is 23.8. The second kappa shape index (κ2) is 9.58. The molecule has 1 aliphatic heterocycles. The number of amides is 1. The molecule has 0 radical (unpaired) electrons. The molecule has 1 amide bonds. The Labute approximate surface area is 155 Å². The van der Waals surface area contributed by atoms with Gasteiger partial charge in [-0.3, -0.25) is 4.79 Å². The fourth-order valence-electron chi connectivity index (χ4n) is 2.25. The molecule has 1 N–H and O–H groups in total. The van der Waals surface area contributed by atoms with Gasteiger partial charge in [0.2, 0.25) is 5.91 Å². The van der Waals surface area contributed by atoms with Gasteiger partial charge < -0.3 is 19.5 Å². The second-order valence-electron chi connectivity index (χ2n) is 5.23. The van der Waals surface area contributed by atoms with Gasteiger partial charge in [0.05, 0.1) is 12.1 Å². The Morgan fingerprint density at radius 2 is 2.16 bits per heavy atom. The number of ether oxygens (including phenoxy) is 3. The Bertz CT molecular complexity index is 665. The number of rotatable bonds is 7. The molecule has 0 saturated carbocycles. The van der Waals surface area contributed by atoms with Crippen LogP contribution in [0.3, 0.4) is 0 Å². The Kier molecular flexibility index (Phi) is 7.46. The number of halogens is 1. The molecule has 1 aromatic rings. The molecule has 0 bridgehead atoms. The van der Waals surface area contributed by atoms with Crippen molar-refractivity contribution in [3.63, 3.8) is 0 Å². The van der Waals surface area contributed by atoms with Crippen molar-refractivity contribution in [1.82, 2.24) is 5.32 Å². The summed E-state index contributed by atoms with van der Waals surface area (Å²) >= 11 is 7.75. The summed E-state index contributed by atoms with van der Waals surface area (Å²) in [5.74, 6) is 0.950. The summed E-state index contributed by atoms with van der Waals surface area (Å²) in [7, 11) is 1.30. The van der Waals surface area contributed by atoms with Crippen molar-refractivity contribution >= 4 is 41.3 Å². The van der Waals surface area contributed by atoms with Gasteiger partial charge in [0.25, 0.3) is 0 Å². The molecule has 1 aliphatic rings. The van der Waals surface area contributed by atoms with Crippen molar-refractivity contribution in [3.05, 3.63) is 28.8 Å². The van der Waals surface area contributed by atoms with Crippen LogP contribution in [0.25, 0.3) is 6.08 Å². The van der Waals surface area contributed by atoms with Crippen molar-refractivity contribution in [2.75, 3.05) is 32.3 Å². The second-order valence-corrected chi connectivity index (χ2v) is 6.62. The average Bonchev–Trinajstić information content (AvgIpc) is 2.62. The lowest BCUT2D eigenvalue weighted by molar-refractivity contribution is -0.144. The van der Waals surface area contributed by atoms with Gasteiger partial charge >= 0.3 is 5.97 Å². The number of carbonyl (C=O) groups excluding carboxylic acids is 2. The van der Waals surface area contributed by atoms with Gasteiger partial charge in [0, 0.05) is 6.08 Å². The van der Waals surface area contributed by atoms with Gasteiger partial charge in [-0.1, -0.05) is 11.6 Å². The smallest absolute Gasteiger partial charge is 0.328 e. The number of benzene rings is 1. The van der Waals surface area contributed by atoms with Gasteiger partial charge in [-0.15, -0.1) is 0 Å². The van der Waals surface area contributed by atoms with Crippen LogP contribution in [0.4, 0.5) is 0 Å². The quantitative estimate of drug-likeness (QED) is 0.574. The first-order valence-corrected chi connectivity index (χ1v) is 9.46. The Balaban J connectivity index is 2.03. The van der Waals surface area contributed by atoms with Gasteiger partial charge in [0.15, 0.2) is 11.5 Å². The molecule has 1 atom stereocenters. The Hall–Kier alpha value is -1.86. The number of esters is 1. The van der Waals surface area contributed by atoms with E-state index in [2.05, 4.69) is 5.32 Å². The van der Waals surface area contributed by atoms with Crippen LogP contribution >= 0.6 is 23.4 Å². The van der Waals surface area contributed by atoms with Crippen LogP contribution in [-0.4, -0.2) is 50.3 Å². The van der Waals surface area contributed by atoms with E-state index in [1.165, 1.54) is 13.2 Å². The lowest BCUT2D eigenvalue weighted by atomic mass is 10.1. The van der Waals surface area contributed by atoms with E-state index in [1.54, 1.807) is 30.0 Å². The summed E-state index contributed by atoms with van der Waals surface area (Å²) in [6, 6.07) is 2.76. The van der Waals surface area contributed by atoms with Crippen LogP contribution in [-0.2, 0) is 14.3 Å². The highest BCUT2D eigenvalue weighted by Crippen LogP contribution is 2.38. The fourth-order valence-corrected chi connectivity index (χ4v) is 2.99. The average molecular weight is 386 g/mol. The molecule has 0 fully saturated rings. The minimum absolute atomic E-state index is 0.387. The highest BCUT2D eigenvalue weighted by Gasteiger charge is 2.20. The van der Waals surface area contributed by atoms with E-state index in [0.29, 0.717) is 41.7 Å². The van der Waals surface area contributed by atoms with E-state index in [1.807, 2.05) is 6.26 Å². The highest BCUT2D eigenvalue weighted by atomic mass is 35.5. The summed E-state index contributed by atoms with van der Waals surface area (Å²) in [6.45, 7) is 0.905. The number of methoxy groups -OCH3 is 1. The monoisotopic (exact) mass is 385 g/mol. The van der Waals surface area contributed by atoms with Crippen LogP contribution in [0.1, 0.15) is 12.0 Å². The maximum Gasteiger partial charge on any atom is 0.328 e. The van der Waals surface area contributed by atoms with E-state index in [4.69, 9.17) is 25.8 Å². The molecule has 0 unspecified atom stereocenters. The topological polar surface area (TPSA) is 73.9 Å². The molecule has 25 heavy (non-hydrogen) atoms. The molecule has 0 spiro atoms. The first-order valence-electron chi connectivity index (χ1n) is 7.69. The lowest BCUT2D eigenvalue weighted by Gasteiger charge is -2.19. The van der Waals surface area contributed by atoms with Crippen LogP contribution in [0.5, 0.6) is 11.5 Å². The first kappa shape index (κ1) is 19.5. The predicted octanol–water partition coefficient (Wildman–Crippen LogP) is 2.54. The minimum atomic E-state index is -0.668. The van der Waals surface area contributed by atoms with Gasteiger partial charge in [-0.2, -0.15) is 11.8 Å². The Morgan fingerprint density at radius 1 is 1.40 bits per heavy atom. The third-order valence-corrected chi connectivity index (χ3v) is 4.38. The molecule has 2 rings (SSSR count). The minimum Gasteiger partial charge on any atom is -0.486 e. The number of hydrogen-bond donors (Lipinski definition) is 1. The van der Waals surface area contributed by atoms with Crippen molar-refractivity contribution in [1.29, 1.82) is 0 Å². The van der Waals surface area contributed by atoms with Crippen molar-refractivity contribution in [2.24, 2.45) is 0 Å². The number of carbonyl (C=O) groups is 2. The largest absolute Gasteiger partial charge is 0.486 e. The molecule has 0 aliphatic carbocycles. The van der Waals surface area contributed by atoms with Crippen LogP contribution < -0.4 is 14.8 Å². The van der Waals surface area contributed by atoms with Crippen molar-refractivity contribution < 1.29 is 23.8 Å². The summed E-state index contributed by atoms with van der Waals surface area (Å²) in [5.41, 5.74) is 0.697. The van der Waals surface area contributed by atoms with Crippen molar-refractivity contribution in [3.8, 4) is 11.5 Å². The molecule has 1 heterocycles. The zero-order valence-electron chi connectivity index (χ0n) is 14.0. The van der Waals surface area contributed by atoms with E-state index >= 15 is 0 Å². The maximum atomic E-state index is 12.1. The van der Waals surface area contributed by atoms with Gasteiger partial charge in [-0.25, -0.2) is 4.79 Å². The molecule has 136 valence electrons. The molecule has 0 saturated heterocycles. The summed E-state index contributed by atoms with van der Waals surface area (Å²) in [5, 5.41) is 3.07. The normalized spacial score (nSPS) is 14.2. The molecule has 6 nitrogen and oxygen atoms in total. The zero-order valence-corrected chi connectivity index (χ0v) is 15.6. The number of hydrogen-bond acceptors (Lipinski definition) is 6. The van der Waals surface area contributed by atoms with Crippen molar-refractivity contribution in [2.45, 2.75) is 12.5 Å². The lowest BCUT2D eigenvalue weighted by Crippen LogP contribution is -2.41. The maximum absolute atomic E-state index is 12.1. The fraction of sp³-hybridized carbons (Fsp3) is 0.412. The highest BCUT2D eigenvalue weighted by molar-refractivity contribution is 7.98. The number of nitrogens with one attached hydrogen (secondary N) is 1. The van der Waals surface area contributed by atoms with E-state index < -0.39 is 12.0 Å². The number of fused-ring (bicyclic) bond motifs is 1. The molecule has 1 aromatic carbocycles. The van der Waals surface area contributed by atoms with E-state index in [0.717, 1.165) is 5.75 Å². The van der Waals surface area contributed by atoms with Crippen LogP contribution in [0.15, 0.2) is 18.2 Å². The van der Waals surface area contributed by atoms with E-state index in [9.17, 15) is 9.59 Å². The summed E-state index contributed by atoms with van der Waals surface area (Å²) < 4.78 is 15.7. The number of thioether (sulfide) groups is 1. The molecular weight excluding hydrogens is 366 g/mol.